The van der Waals surface area contributed by atoms with E-state index in [0.717, 1.165) is 18.8 Å². The molecule has 2 saturated heterocycles. The van der Waals surface area contributed by atoms with Gasteiger partial charge in [-0.05, 0) is 81.6 Å². The molecule has 2 aromatic carbocycles. The number of aliphatic hydroxyl groups excluding tert-OH is 1. The van der Waals surface area contributed by atoms with E-state index < -0.39 is 35.1 Å². The first-order chi connectivity index (χ1) is 24.1. The van der Waals surface area contributed by atoms with Crippen LogP contribution in [0.5, 0.6) is 5.75 Å². The average Bonchev–Trinajstić information content (AvgIpc) is 3.42. The fourth-order valence-corrected chi connectivity index (χ4v) is 8.66. The van der Waals surface area contributed by atoms with Crippen molar-refractivity contribution in [1.82, 2.24) is 4.90 Å². The van der Waals surface area contributed by atoms with Crippen LogP contribution in [0.1, 0.15) is 54.4 Å². The molecule has 0 radical (unpaired) electrons. The second-order valence-electron chi connectivity index (χ2n) is 13.8. The molecule has 1 spiro atoms. The summed E-state index contributed by atoms with van der Waals surface area (Å²) in [6.07, 6.45) is 8.79. The topological polar surface area (TPSA) is 103 Å². The van der Waals surface area contributed by atoms with Crippen LogP contribution < -0.4 is 19.4 Å². The van der Waals surface area contributed by atoms with Gasteiger partial charge in [-0.1, -0.05) is 51.5 Å². The number of nitrogens with zero attached hydrogens (tertiary/aromatic N) is 4. The zero-order chi connectivity index (χ0) is 35.8. The molecule has 7 atom stereocenters. The van der Waals surface area contributed by atoms with Gasteiger partial charge in [0.2, 0.25) is 11.8 Å². The molecule has 2 fully saturated rings. The lowest BCUT2D eigenvalue weighted by Crippen LogP contribution is -2.60. The number of fused-ring (bicyclic) bond motifs is 2. The predicted octanol–water partition coefficient (Wildman–Crippen LogP) is 5.21. The van der Waals surface area contributed by atoms with Crippen LogP contribution in [0.15, 0.2) is 72.8 Å². The van der Waals surface area contributed by atoms with E-state index in [1.165, 1.54) is 0 Å². The first-order valence-electron chi connectivity index (χ1n) is 18.3. The highest BCUT2D eigenvalue weighted by Gasteiger charge is 2.76. The Hall–Kier alpha value is -4.15. The van der Waals surface area contributed by atoms with E-state index in [-0.39, 0.29) is 36.8 Å². The summed E-state index contributed by atoms with van der Waals surface area (Å²) in [6.45, 7) is 14.6. The first kappa shape index (κ1) is 35.7. The van der Waals surface area contributed by atoms with Gasteiger partial charge >= 0.3 is 0 Å². The number of carbonyl (C=O) groups is 3. The Bertz CT molecular complexity index is 1620. The van der Waals surface area contributed by atoms with Crippen molar-refractivity contribution in [3.63, 3.8) is 0 Å². The van der Waals surface area contributed by atoms with E-state index in [1.54, 1.807) is 14.7 Å². The molecule has 268 valence electrons. The Balaban J connectivity index is 1.46. The number of carbonyl (C=O) groups excluding carboxylic acids is 3. The number of ether oxygens (including phenoxy) is 2. The molecule has 10 nitrogen and oxygen atoms in total. The van der Waals surface area contributed by atoms with Crippen LogP contribution in [0, 0.1) is 17.8 Å². The van der Waals surface area contributed by atoms with Crippen molar-refractivity contribution >= 4 is 34.8 Å². The van der Waals surface area contributed by atoms with Crippen LogP contribution in [-0.2, 0) is 19.1 Å². The number of hydrogen-bond acceptors (Lipinski definition) is 7. The summed E-state index contributed by atoms with van der Waals surface area (Å²) >= 11 is 0. The van der Waals surface area contributed by atoms with E-state index in [1.807, 2.05) is 101 Å². The second-order valence-corrected chi connectivity index (χ2v) is 13.8. The van der Waals surface area contributed by atoms with E-state index in [9.17, 15) is 9.90 Å². The second kappa shape index (κ2) is 14.2. The van der Waals surface area contributed by atoms with Crippen LogP contribution in [0.2, 0.25) is 0 Å². The number of amides is 3. The normalized spacial score (nSPS) is 28.6. The number of likely N-dealkylation sites (tertiary alicyclic amines) is 1. The molecule has 6 rings (SSSR count). The summed E-state index contributed by atoms with van der Waals surface area (Å²) in [5.74, 6) is -2.12. The van der Waals surface area contributed by atoms with E-state index in [0.29, 0.717) is 43.1 Å². The van der Waals surface area contributed by atoms with Crippen molar-refractivity contribution in [2.45, 2.75) is 77.7 Å². The predicted molar refractivity (Wildman–Crippen MR) is 195 cm³/mol. The molecule has 1 unspecified atom stereocenters. The summed E-state index contributed by atoms with van der Waals surface area (Å²) in [6, 6.07) is 13.6. The number of hydrogen-bond donors (Lipinski definition) is 1. The lowest BCUT2D eigenvalue weighted by molar-refractivity contribution is -0.150. The highest BCUT2D eigenvalue weighted by atomic mass is 16.5. The Kier molecular flexibility index (Phi) is 10.2. The molecule has 1 N–H and O–H groups in total. The number of anilines is 3. The van der Waals surface area contributed by atoms with E-state index >= 15 is 9.59 Å². The Morgan fingerprint density at radius 2 is 1.44 bits per heavy atom. The fourth-order valence-electron chi connectivity index (χ4n) is 8.66. The van der Waals surface area contributed by atoms with Gasteiger partial charge in [-0.2, -0.15) is 0 Å². The molecular weight excluding hydrogens is 632 g/mol. The van der Waals surface area contributed by atoms with Crippen LogP contribution in [0.25, 0.3) is 0 Å². The molecule has 0 aromatic heterocycles. The maximum absolute atomic E-state index is 15.1. The van der Waals surface area contributed by atoms with E-state index in [2.05, 4.69) is 18.7 Å². The van der Waals surface area contributed by atoms with Crippen LogP contribution in [-0.4, -0.2) is 90.4 Å². The van der Waals surface area contributed by atoms with Crippen LogP contribution in [0.3, 0.4) is 0 Å². The molecule has 10 heteroatoms. The maximum Gasteiger partial charge on any atom is 0.253 e. The standard InChI is InChI=1S/C40H52N4O6/c1-7-27(6)32(26-45)44-35-38(48)43(29-16-14-28(15-17-29)41(9-3)10-4)25-13-23-40(35)34(37(44)47)33-36(46)42(24-12-22-39(33,8-2)50-40)30-18-20-31(21-19-30)49-11-5/h12-23,27,32-35,45H,7-11,24-26H2,1-6H3/t27-,32-,33-,34-,35?,39+,40-/m0/s1. The van der Waals surface area contributed by atoms with Gasteiger partial charge in [-0.3, -0.25) is 14.4 Å². The van der Waals surface area contributed by atoms with Crippen molar-refractivity contribution in [3.8, 4) is 5.75 Å². The minimum Gasteiger partial charge on any atom is -0.494 e. The Morgan fingerprint density at radius 1 is 0.840 bits per heavy atom. The van der Waals surface area contributed by atoms with Crippen molar-refractivity contribution in [1.29, 1.82) is 0 Å². The third-order valence-electron chi connectivity index (χ3n) is 11.5. The van der Waals surface area contributed by atoms with Gasteiger partial charge in [0.05, 0.1) is 36.7 Å². The van der Waals surface area contributed by atoms with Crippen LogP contribution in [0.4, 0.5) is 17.1 Å². The average molecular weight is 685 g/mol. The third-order valence-corrected chi connectivity index (χ3v) is 11.5. The summed E-state index contributed by atoms with van der Waals surface area (Å²) in [7, 11) is 0. The van der Waals surface area contributed by atoms with Gasteiger partial charge in [-0.25, -0.2) is 0 Å². The van der Waals surface area contributed by atoms with Gasteiger partial charge < -0.3 is 34.2 Å². The van der Waals surface area contributed by atoms with Gasteiger partial charge in [0, 0.05) is 43.2 Å². The highest BCUT2D eigenvalue weighted by molar-refractivity contribution is 6.08. The molecule has 4 aliphatic heterocycles. The zero-order valence-corrected chi connectivity index (χ0v) is 30.2. The fraction of sp³-hybridized carbons (Fsp3) is 0.525. The Morgan fingerprint density at radius 3 is 2.00 bits per heavy atom. The molecule has 4 aliphatic rings. The monoisotopic (exact) mass is 684 g/mol. The van der Waals surface area contributed by atoms with Crippen LogP contribution >= 0.6 is 0 Å². The quantitative estimate of drug-likeness (QED) is 0.307. The van der Waals surface area contributed by atoms with Gasteiger partial charge in [0.15, 0.2) is 0 Å². The number of rotatable bonds is 12. The minimum atomic E-state index is -1.42. The third kappa shape index (κ3) is 5.61. The molecule has 3 amide bonds. The number of benzene rings is 2. The molecule has 2 aromatic rings. The minimum absolute atomic E-state index is 0.109. The lowest BCUT2D eigenvalue weighted by Gasteiger charge is -2.42. The zero-order valence-electron chi connectivity index (χ0n) is 30.2. The molecule has 50 heavy (non-hydrogen) atoms. The first-order valence-corrected chi connectivity index (χ1v) is 18.3. The van der Waals surface area contributed by atoms with Crippen molar-refractivity contribution in [2.24, 2.45) is 17.8 Å². The van der Waals surface area contributed by atoms with Gasteiger partial charge in [-0.15, -0.1) is 0 Å². The smallest absolute Gasteiger partial charge is 0.253 e. The van der Waals surface area contributed by atoms with Crippen molar-refractivity contribution in [2.75, 3.05) is 54.1 Å². The lowest BCUT2D eigenvalue weighted by atomic mass is 9.73. The summed E-state index contributed by atoms with van der Waals surface area (Å²) in [5, 5.41) is 10.8. The Labute approximate surface area is 296 Å². The maximum atomic E-state index is 15.1. The molecular formula is C40H52N4O6. The van der Waals surface area contributed by atoms with Gasteiger partial charge in [0.1, 0.15) is 17.4 Å². The molecule has 0 saturated carbocycles. The SMILES string of the molecule is CCOc1ccc(N2CC=C[C@@]3(CC)O[C@]45C=CCN(c6ccc(N(CC)CC)cc6)C(=O)C4N([C@@H](CO)[C@@H](C)CC)C(=O)[C@@H]5[C@H]3C2=O)cc1. The molecule has 4 heterocycles. The van der Waals surface area contributed by atoms with Crippen molar-refractivity contribution in [3.05, 3.63) is 72.8 Å². The molecule has 0 aliphatic carbocycles. The van der Waals surface area contributed by atoms with E-state index in [4.69, 9.17) is 9.47 Å². The summed E-state index contributed by atoms with van der Waals surface area (Å²) in [5.41, 5.74) is -0.0718. The summed E-state index contributed by atoms with van der Waals surface area (Å²) in [4.78, 5) is 52.3. The summed E-state index contributed by atoms with van der Waals surface area (Å²) < 4.78 is 12.8. The largest absolute Gasteiger partial charge is 0.494 e. The highest BCUT2D eigenvalue weighted by Crippen LogP contribution is 2.59. The van der Waals surface area contributed by atoms with Gasteiger partial charge in [0.25, 0.3) is 5.91 Å². The number of aliphatic hydroxyl groups is 1. The molecule has 0 bridgehead atoms. The van der Waals surface area contributed by atoms with Crippen molar-refractivity contribution < 1.29 is 29.0 Å².